The van der Waals surface area contributed by atoms with Crippen LogP contribution >= 0.6 is 0 Å². The smallest absolute Gasteiger partial charge is 0.0686 e. The first-order chi connectivity index (χ1) is 9.60. The Morgan fingerprint density at radius 3 is 2.35 bits per heavy atom. The standard InChI is InChI=1S/C18H27NO/c1-13(2)14-4-6-15(7-5-14)17(19)16-8-11-20-18(12-16)9-3-10-18/h4-7,13,16-17H,3,8-12,19H2,1-2H3. The molecule has 1 spiro atoms. The molecule has 0 aromatic heterocycles. The quantitative estimate of drug-likeness (QED) is 0.897. The zero-order chi connectivity index (χ0) is 14.2. The number of hydrogen-bond acceptors (Lipinski definition) is 2. The van der Waals surface area contributed by atoms with E-state index in [9.17, 15) is 0 Å². The first-order valence-corrected chi connectivity index (χ1v) is 8.09. The van der Waals surface area contributed by atoms with Gasteiger partial charge in [0.05, 0.1) is 5.60 Å². The Hall–Kier alpha value is -0.860. The van der Waals surface area contributed by atoms with Crippen LogP contribution in [0.1, 0.15) is 69.0 Å². The van der Waals surface area contributed by atoms with Gasteiger partial charge in [-0.3, -0.25) is 0 Å². The van der Waals surface area contributed by atoms with Crippen LogP contribution in [0.25, 0.3) is 0 Å². The molecule has 1 heterocycles. The van der Waals surface area contributed by atoms with Crippen molar-refractivity contribution in [1.29, 1.82) is 0 Å². The lowest BCUT2D eigenvalue weighted by Gasteiger charge is -2.48. The van der Waals surface area contributed by atoms with E-state index in [0.717, 1.165) is 19.4 Å². The van der Waals surface area contributed by atoms with Crippen molar-refractivity contribution in [3.63, 3.8) is 0 Å². The van der Waals surface area contributed by atoms with Gasteiger partial charge in [-0.1, -0.05) is 38.1 Å². The van der Waals surface area contributed by atoms with Crippen LogP contribution in [0.4, 0.5) is 0 Å². The zero-order valence-corrected chi connectivity index (χ0v) is 12.8. The summed E-state index contributed by atoms with van der Waals surface area (Å²) in [7, 11) is 0. The first-order valence-electron chi connectivity index (χ1n) is 8.09. The van der Waals surface area contributed by atoms with Crippen molar-refractivity contribution in [2.24, 2.45) is 11.7 Å². The number of hydrogen-bond donors (Lipinski definition) is 1. The van der Waals surface area contributed by atoms with Gasteiger partial charge in [0.2, 0.25) is 0 Å². The van der Waals surface area contributed by atoms with E-state index in [4.69, 9.17) is 10.5 Å². The van der Waals surface area contributed by atoms with Crippen molar-refractivity contribution in [3.05, 3.63) is 35.4 Å². The molecule has 2 fully saturated rings. The zero-order valence-electron chi connectivity index (χ0n) is 12.8. The van der Waals surface area contributed by atoms with E-state index in [1.807, 2.05) is 0 Å². The van der Waals surface area contributed by atoms with Gasteiger partial charge in [-0.2, -0.15) is 0 Å². The largest absolute Gasteiger partial charge is 0.375 e. The highest BCUT2D eigenvalue weighted by Gasteiger charge is 2.43. The summed E-state index contributed by atoms with van der Waals surface area (Å²) in [5.74, 6) is 1.16. The fourth-order valence-corrected chi connectivity index (χ4v) is 3.67. The summed E-state index contributed by atoms with van der Waals surface area (Å²) < 4.78 is 6.01. The van der Waals surface area contributed by atoms with Crippen molar-refractivity contribution in [3.8, 4) is 0 Å². The molecule has 0 radical (unpaired) electrons. The average molecular weight is 273 g/mol. The molecule has 1 aliphatic heterocycles. The number of rotatable bonds is 3. The number of nitrogens with two attached hydrogens (primary N) is 1. The molecule has 1 aromatic carbocycles. The topological polar surface area (TPSA) is 35.2 Å². The Bertz CT molecular complexity index is 447. The van der Waals surface area contributed by atoms with E-state index in [2.05, 4.69) is 38.1 Å². The van der Waals surface area contributed by atoms with E-state index in [-0.39, 0.29) is 11.6 Å². The average Bonchev–Trinajstić information content (AvgIpc) is 2.45. The van der Waals surface area contributed by atoms with E-state index in [1.165, 1.54) is 30.4 Å². The second-order valence-corrected chi connectivity index (χ2v) is 6.99. The molecule has 3 rings (SSSR count). The van der Waals surface area contributed by atoms with Gasteiger partial charge in [0.15, 0.2) is 0 Å². The van der Waals surface area contributed by atoms with Crippen LogP contribution < -0.4 is 5.73 Å². The maximum absolute atomic E-state index is 6.54. The van der Waals surface area contributed by atoms with E-state index in [0.29, 0.717) is 11.8 Å². The third kappa shape index (κ3) is 2.64. The minimum absolute atomic E-state index is 0.164. The molecule has 1 aliphatic carbocycles. The van der Waals surface area contributed by atoms with Gasteiger partial charge in [0.25, 0.3) is 0 Å². The number of benzene rings is 1. The highest BCUT2D eigenvalue weighted by molar-refractivity contribution is 5.27. The molecule has 1 saturated carbocycles. The van der Waals surface area contributed by atoms with Crippen LogP contribution in [0, 0.1) is 5.92 Å². The Morgan fingerprint density at radius 1 is 1.15 bits per heavy atom. The molecule has 2 nitrogen and oxygen atoms in total. The highest BCUT2D eigenvalue weighted by atomic mass is 16.5. The maximum atomic E-state index is 6.54. The minimum Gasteiger partial charge on any atom is -0.375 e. The Balaban J connectivity index is 1.69. The molecule has 2 atom stereocenters. The maximum Gasteiger partial charge on any atom is 0.0686 e. The predicted octanol–water partition coefficient (Wildman–Crippen LogP) is 4.16. The van der Waals surface area contributed by atoms with Gasteiger partial charge < -0.3 is 10.5 Å². The number of ether oxygens (including phenoxy) is 1. The van der Waals surface area contributed by atoms with E-state index < -0.39 is 0 Å². The molecular weight excluding hydrogens is 246 g/mol. The molecule has 2 heteroatoms. The van der Waals surface area contributed by atoms with Gasteiger partial charge >= 0.3 is 0 Å². The monoisotopic (exact) mass is 273 g/mol. The molecular formula is C18H27NO. The minimum atomic E-state index is 0.164. The normalized spacial score (nSPS) is 26.5. The molecule has 2 unspecified atom stereocenters. The Kier molecular flexibility index (Phi) is 3.87. The fraction of sp³-hybridized carbons (Fsp3) is 0.667. The lowest BCUT2D eigenvalue weighted by Crippen LogP contribution is -2.47. The second kappa shape index (κ2) is 5.50. The summed E-state index contributed by atoms with van der Waals surface area (Å²) in [6.45, 7) is 5.35. The van der Waals surface area contributed by atoms with Gasteiger partial charge in [0, 0.05) is 12.6 Å². The van der Waals surface area contributed by atoms with Crippen LogP contribution in [0.5, 0.6) is 0 Å². The summed E-state index contributed by atoms with van der Waals surface area (Å²) in [4.78, 5) is 0. The van der Waals surface area contributed by atoms with Gasteiger partial charge in [-0.15, -0.1) is 0 Å². The van der Waals surface area contributed by atoms with Crippen LogP contribution in [0.3, 0.4) is 0 Å². The molecule has 2 N–H and O–H groups in total. The molecule has 2 aliphatic rings. The molecule has 20 heavy (non-hydrogen) atoms. The molecule has 1 aromatic rings. The fourth-order valence-electron chi connectivity index (χ4n) is 3.67. The van der Waals surface area contributed by atoms with Crippen LogP contribution in [-0.4, -0.2) is 12.2 Å². The summed E-state index contributed by atoms with van der Waals surface area (Å²) in [6, 6.07) is 9.08. The van der Waals surface area contributed by atoms with Gasteiger partial charge in [-0.25, -0.2) is 0 Å². The lowest BCUT2D eigenvalue weighted by atomic mass is 9.70. The van der Waals surface area contributed by atoms with Crippen LogP contribution in [0.2, 0.25) is 0 Å². The van der Waals surface area contributed by atoms with E-state index >= 15 is 0 Å². The highest BCUT2D eigenvalue weighted by Crippen LogP contribution is 2.46. The summed E-state index contributed by atoms with van der Waals surface area (Å²) in [6.07, 6.45) is 6.06. The SMILES string of the molecule is CC(C)c1ccc(C(N)C2CCOC3(CCC3)C2)cc1. The van der Waals surface area contributed by atoms with Crippen LogP contribution in [-0.2, 0) is 4.74 Å². The predicted molar refractivity (Wildman–Crippen MR) is 82.7 cm³/mol. The second-order valence-electron chi connectivity index (χ2n) is 6.99. The van der Waals surface area contributed by atoms with Crippen molar-refractivity contribution >= 4 is 0 Å². The lowest BCUT2D eigenvalue weighted by molar-refractivity contribution is -0.146. The Labute approximate surface area is 122 Å². The van der Waals surface area contributed by atoms with Crippen molar-refractivity contribution < 1.29 is 4.74 Å². The molecule has 0 amide bonds. The third-order valence-corrected chi connectivity index (χ3v) is 5.29. The van der Waals surface area contributed by atoms with Crippen molar-refractivity contribution in [1.82, 2.24) is 0 Å². The first kappa shape index (κ1) is 14.1. The van der Waals surface area contributed by atoms with Crippen molar-refractivity contribution in [2.45, 2.75) is 63.5 Å². The third-order valence-electron chi connectivity index (χ3n) is 5.29. The summed E-state index contributed by atoms with van der Waals surface area (Å²) >= 11 is 0. The van der Waals surface area contributed by atoms with Crippen LogP contribution in [0.15, 0.2) is 24.3 Å². The molecule has 1 saturated heterocycles. The van der Waals surface area contributed by atoms with Gasteiger partial charge in [0.1, 0.15) is 0 Å². The molecule has 110 valence electrons. The van der Waals surface area contributed by atoms with Crippen molar-refractivity contribution in [2.75, 3.05) is 6.61 Å². The Morgan fingerprint density at radius 2 is 1.80 bits per heavy atom. The van der Waals surface area contributed by atoms with E-state index in [1.54, 1.807) is 0 Å². The molecule has 0 bridgehead atoms. The summed E-state index contributed by atoms with van der Waals surface area (Å²) in [5, 5.41) is 0. The van der Waals surface area contributed by atoms with Gasteiger partial charge in [-0.05, 0) is 55.1 Å². The summed E-state index contributed by atoms with van der Waals surface area (Å²) in [5.41, 5.74) is 9.41.